The second-order valence-corrected chi connectivity index (χ2v) is 3.01. The molecule has 0 aliphatic carbocycles. The van der Waals surface area contributed by atoms with E-state index in [0.717, 1.165) is 0 Å². The van der Waals surface area contributed by atoms with E-state index in [1.807, 2.05) is 13.8 Å². The molecule has 0 amide bonds. The van der Waals surface area contributed by atoms with Gasteiger partial charge in [0.15, 0.2) is 5.76 Å². The van der Waals surface area contributed by atoms with Crippen molar-refractivity contribution in [2.45, 2.75) is 26.4 Å². The largest absolute Gasteiger partial charge is 0.490 e. The van der Waals surface area contributed by atoms with Crippen LogP contribution in [0.3, 0.4) is 0 Å². The summed E-state index contributed by atoms with van der Waals surface area (Å²) < 4.78 is 4.92. The molecule has 1 N–H and O–H groups in total. The lowest BCUT2D eigenvalue weighted by molar-refractivity contribution is 0.00104. The zero-order valence-electron chi connectivity index (χ0n) is 7.64. The van der Waals surface area contributed by atoms with Crippen LogP contribution in [-0.4, -0.2) is 17.8 Å². The predicted octanol–water partition coefficient (Wildman–Crippen LogP) is 1.71. The molecule has 0 spiro atoms. The van der Waals surface area contributed by atoms with Gasteiger partial charge in [-0.3, -0.25) is 0 Å². The third kappa shape index (κ3) is 2.11. The van der Waals surface area contributed by atoms with Gasteiger partial charge in [0.05, 0.1) is 7.11 Å². The first-order valence-corrected chi connectivity index (χ1v) is 3.63. The van der Waals surface area contributed by atoms with Crippen molar-refractivity contribution in [1.82, 2.24) is 0 Å². The van der Waals surface area contributed by atoms with Crippen LogP contribution in [0.25, 0.3) is 0 Å². The minimum atomic E-state index is -0.962. The maximum atomic E-state index is 9.79. The Balaban J connectivity index is 4.66. The summed E-state index contributed by atoms with van der Waals surface area (Å²) in [6.45, 7) is 8.95. The van der Waals surface area contributed by atoms with E-state index < -0.39 is 5.60 Å². The van der Waals surface area contributed by atoms with Gasteiger partial charge in [-0.2, -0.15) is 0 Å². The third-order valence-corrected chi connectivity index (χ3v) is 1.95. The van der Waals surface area contributed by atoms with Gasteiger partial charge >= 0.3 is 0 Å². The number of rotatable bonds is 3. The molecule has 0 saturated carbocycles. The molecule has 11 heavy (non-hydrogen) atoms. The summed E-state index contributed by atoms with van der Waals surface area (Å²) in [6.07, 6.45) is 0. The summed E-state index contributed by atoms with van der Waals surface area (Å²) in [6, 6.07) is 0. The lowest BCUT2D eigenvalue weighted by Gasteiger charge is -2.27. The summed E-state index contributed by atoms with van der Waals surface area (Å²) in [5, 5.41) is 9.79. The summed E-state index contributed by atoms with van der Waals surface area (Å²) in [4.78, 5) is 0. The molecule has 0 aromatic carbocycles. The lowest BCUT2D eigenvalue weighted by atomic mass is 9.91. The summed E-state index contributed by atoms with van der Waals surface area (Å²) in [7, 11) is 1.50. The van der Waals surface area contributed by atoms with E-state index in [-0.39, 0.29) is 5.92 Å². The fourth-order valence-corrected chi connectivity index (χ4v) is 0.720. The van der Waals surface area contributed by atoms with Gasteiger partial charge in [0.2, 0.25) is 0 Å². The molecule has 0 radical (unpaired) electrons. The van der Waals surface area contributed by atoms with Crippen molar-refractivity contribution in [3.8, 4) is 0 Å². The van der Waals surface area contributed by atoms with Crippen molar-refractivity contribution in [2.24, 2.45) is 5.92 Å². The van der Waals surface area contributed by atoms with Crippen molar-refractivity contribution in [3.05, 3.63) is 18.1 Å². The SMILES string of the molecule is C=C=C(OC)C(C)(O)C(C)C. The van der Waals surface area contributed by atoms with Crippen LogP contribution < -0.4 is 0 Å². The molecule has 0 saturated heterocycles. The zero-order chi connectivity index (χ0) is 9.07. The minimum absolute atomic E-state index is 0.0895. The molecule has 0 aliphatic heterocycles. The maximum absolute atomic E-state index is 9.79. The normalized spacial score (nSPS) is 15.5. The van der Waals surface area contributed by atoms with Crippen molar-refractivity contribution >= 4 is 0 Å². The number of methoxy groups -OCH3 is 1. The average Bonchev–Trinajstić information content (AvgIpc) is 1.89. The molecular formula is C9H16O2. The van der Waals surface area contributed by atoms with Crippen molar-refractivity contribution in [3.63, 3.8) is 0 Å². The van der Waals surface area contributed by atoms with Crippen LogP contribution in [0.4, 0.5) is 0 Å². The monoisotopic (exact) mass is 156 g/mol. The molecule has 0 fully saturated rings. The molecule has 0 bridgehead atoms. The van der Waals surface area contributed by atoms with Crippen LogP contribution >= 0.6 is 0 Å². The van der Waals surface area contributed by atoms with Gasteiger partial charge in [-0.15, -0.1) is 0 Å². The van der Waals surface area contributed by atoms with Gasteiger partial charge in [0, 0.05) is 0 Å². The molecule has 64 valence electrons. The number of ether oxygens (including phenoxy) is 1. The topological polar surface area (TPSA) is 29.5 Å². The molecule has 0 aromatic rings. The molecule has 0 heterocycles. The van der Waals surface area contributed by atoms with E-state index in [2.05, 4.69) is 12.3 Å². The van der Waals surface area contributed by atoms with Gasteiger partial charge in [-0.1, -0.05) is 26.2 Å². The number of hydrogen-bond acceptors (Lipinski definition) is 2. The third-order valence-electron chi connectivity index (χ3n) is 1.95. The Morgan fingerprint density at radius 3 is 2.18 bits per heavy atom. The summed E-state index contributed by atoms with van der Waals surface area (Å²) >= 11 is 0. The van der Waals surface area contributed by atoms with Gasteiger partial charge in [-0.05, 0) is 12.8 Å². The fraction of sp³-hybridized carbons (Fsp3) is 0.667. The molecule has 2 heteroatoms. The first-order chi connectivity index (χ1) is 4.96. The Hall–Kier alpha value is -0.720. The second-order valence-electron chi connectivity index (χ2n) is 3.01. The van der Waals surface area contributed by atoms with Gasteiger partial charge in [0.1, 0.15) is 5.60 Å². The number of aliphatic hydroxyl groups is 1. The lowest BCUT2D eigenvalue weighted by Crippen LogP contribution is -2.33. The molecule has 1 atom stereocenters. The molecular weight excluding hydrogens is 140 g/mol. The molecule has 0 rings (SSSR count). The van der Waals surface area contributed by atoms with Crippen LogP contribution in [-0.2, 0) is 4.74 Å². The Bertz CT molecular complexity index is 174. The van der Waals surface area contributed by atoms with E-state index in [0.29, 0.717) is 5.76 Å². The quantitative estimate of drug-likeness (QED) is 0.498. The van der Waals surface area contributed by atoms with Crippen LogP contribution in [0.15, 0.2) is 18.1 Å². The van der Waals surface area contributed by atoms with E-state index in [1.54, 1.807) is 6.92 Å². The Morgan fingerprint density at radius 1 is 1.64 bits per heavy atom. The van der Waals surface area contributed by atoms with Crippen molar-refractivity contribution in [2.75, 3.05) is 7.11 Å². The second kappa shape index (κ2) is 3.61. The van der Waals surface area contributed by atoms with Crippen molar-refractivity contribution in [1.29, 1.82) is 0 Å². The predicted molar refractivity (Wildman–Crippen MR) is 45.1 cm³/mol. The first-order valence-electron chi connectivity index (χ1n) is 3.63. The highest BCUT2D eigenvalue weighted by molar-refractivity contribution is 5.07. The molecule has 1 unspecified atom stereocenters. The molecule has 0 aromatic heterocycles. The van der Waals surface area contributed by atoms with Crippen LogP contribution in [0.2, 0.25) is 0 Å². The highest BCUT2D eigenvalue weighted by atomic mass is 16.5. The van der Waals surface area contributed by atoms with E-state index in [9.17, 15) is 5.11 Å². The Morgan fingerprint density at radius 2 is 2.09 bits per heavy atom. The fourth-order valence-electron chi connectivity index (χ4n) is 0.720. The Kier molecular flexibility index (Phi) is 3.37. The highest BCUT2D eigenvalue weighted by Gasteiger charge is 2.30. The van der Waals surface area contributed by atoms with Gasteiger partial charge < -0.3 is 9.84 Å². The van der Waals surface area contributed by atoms with Gasteiger partial charge in [-0.25, -0.2) is 0 Å². The highest BCUT2D eigenvalue weighted by Crippen LogP contribution is 2.24. The first kappa shape index (κ1) is 10.3. The van der Waals surface area contributed by atoms with E-state index in [4.69, 9.17) is 4.74 Å². The smallest absolute Gasteiger partial charge is 0.169 e. The molecule has 2 nitrogen and oxygen atoms in total. The van der Waals surface area contributed by atoms with E-state index in [1.165, 1.54) is 7.11 Å². The van der Waals surface area contributed by atoms with Crippen LogP contribution in [0.1, 0.15) is 20.8 Å². The van der Waals surface area contributed by atoms with Crippen LogP contribution in [0.5, 0.6) is 0 Å². The Labute approximate surface area is 68.2 Å². The zero-order valence-corrected chi connectivity index (χ0v) is 7.64. The summed E-state index contributed by atoms with van der Waals surface area (Å²) in [5.74, 6) is 0.485. The summed E-state index contributed by atoms with van der Waals surface area (Å²) in [5.41, 5.74) is 1.61. The molecule has 0 aliphatic rings. The maximum Gasteiger partial charge on any atom is 0.169 e. The van der Waals surface area contributed by atoms with Crippen LogP contribution in [0, 0.1) is 5.92 Å². The van der Waals surface area contributed by atoms with Crippen molar-refractivity contribution < 1.29 is 9.84 Å². The number of hydrogen-bond donors (Lipinski definition) is 1. The van der Waals surface area contributed by atoms with E-state index >= 15 is 0 Å². The average molecular weight is 156 g/mol. The van der Waals surface area contributed by atoms with Gasteiger partial charge in [0.25, 0.3) is 0 Å². The standard InChI is InChI=1S/C9H16O2/c1-6-8(11-5)9(4,10)7(2)3/h7,10H,1H2,2-5H3. The minimum Gasteiger partial charge on any atom is -0.490 e.